The van der Waals surface area contributed by atoms with E-state index in [9.17, 15) is 14.9 Å². The van der Waals surface area contributed by atoms with Crippen molar-refractivity contribution in [1.82, 2.24) is 5.32 Å². The highest BCUT2D eigenvalue weighted by Gasteiger charge is 2.31. The molecule has 0 fully saturated rings. The third-order valence-electron chi connectivity index (χ3n) is 5.73. The van der Waals surface area contributed by atoms with E-state index >= 15 is 0 Å². The smallest absolute Gasteiger partial charge is 0.234 e. The average molecular weight is 496 g/mol. The predicted octanol–water partition coefficient (Wildman–Crippen LogP) is 4.35. The predicted molar refractivity (Wildman–Crippen MR) is 136 cm³/mol. The second-order valence-electron chi connectivity index (χ2n) is 8.23. The largest absolute Gasteiger partial charge is 0.493 e. The van der Waals surface area contributed by atoms with Crippen molar-refractivity contribution in [3.8, 4) is 23.3 Å². The first-order valence-corrected chi connectivity index (χ1v) is 11.9. The van der Waals surface area contributed by atoms with Crippen LogP contribution in [0.4, 0.5) is 5.69 Å². The number of thioether (sulfide) groups is 1. The SMILES string of the molecule is COc1cc([C@H]2CC(=O)NC(SCC(=O)Nc3c(C)cc(C)cc3C)=C2C#N)cc(OC)c1OC. The Labute approximate surface area is 209 Å². The van der Waals surface area contributed by atoms with Crippen LogP contribution < -0.4 is 24.8 Å². The Morgan fingerprint density at radius 3 is 2.20 bits per heavy atom. The van der Waals surface area contributed by atoms with E-state index in [1.807, 2.05) is 32.9 Å². The first kappa shape index (κ1) is 26.0. The van der Waals surface area contributed by atoms with Gasteiger partial charge in [-0.2, -0.15) is 5.26 Å². The van der Waals surface area contributed by atoms with Gasteiger partial charge in [0, 0.05) is 18.0 Å². The van der Waals surface area contributed by atoms with E-state index in [0.717, 1.165) is 34.1 Å². The Morgan fingerprint density at radius 1 is 1.09 bits per heavy atom. The van der Waals surface area contributed by atoms with Crippen LogP contribution in [0.1, 0.15) is 34.6 Å². The molecular formula is C26H29N3O5S. The Kier molecular flexibility index (Phi) is 8.30. The quantitative estimate of drug-likeness (QED) is 0.560. The van der Waals surface area contributed by atoms with Crippen LogP contribution in [0.15, 0.2) is 34.9 Å². The number of ether oxygens (including phenoxy) is 3. The Hall–Kier alpha value is -3.64. The molecule has 0 radical (unpaired) electrons. The number of methoxy groups -OCH3 is 3. The van der Waals surface area contributed by atoms with Crippen LogP contribution in [0.25, 0.3) is 0 Å². The molecule has 9 heteroatoms. The molecule has 1 aliphatic rings. The lowest BCUT2D eigenvalue weighted by atomic mass is 9.86. The Morgan fingerprint density at radius 2 is 1.69 bits per heavy atom. The minimum Gasteiger partial charge on any atom is -0.493 e. The van der Waals surface area contributed by atoms with Crippen molar-refractivity contribution in [3.05, 3.63) is 57.1 Å². The van der Waals surface area contributed by atoms with E-state index in [2.05, 4.69) is 16.7 Å². The molecule has 0 bridgehead atoms. The van der Waals surface area contributed by atoms with Crippen molar-refractivity contribution in [1.29, 1.82) is 5.26 Å². The first-order chi connectivity index (χ1) is 16.7. The highest BCUT2D eigenvalue weighted by atomic mass is 32.2. The molecule has 2 N–H and O–H groups in total. The molecule has 0 saturated heterocycles. The van der Waals surface area contributed by atoms with Crippen LogP contribution in [0, 0.1) is 32.1 Å². The molecule has 0 aliphatic carbocycles. The number of allylic oxidation sites excluding steroid dienone is 1. The number of aryl methyl sites for hydroxylation is 3. The summed E-state index contributed by atoms with van der Waals surface area (Å²) >= 11 is 1.13. The number of anilines is 1. The molecule has 2 aromatic rings. The van der Waals surface area contributed by atoms with Crippen molar-refractivity contribution >= 4 is 29.3 Å². The van der Waals surface area contributed by atoms with Crippen molar-refractivity contribution in [2.75, 3.05) is 32.4 Å². The van der Waals surface area contributed by atoms with Crippen LogP contribution >= 0.6 is 11.8 Å². The van der Waals surface area contributed by atoms with Gasteiger partial charge < -0.3 is 24.8 Å². The fraction of sp³-hybridized carbons (Fsp3) is 0.346. The number of carbonyl (C=O) groups is 2. The summed E-state index contributed by atoms with van der Waals surface area (Å²) in [5, 5.41) is 16.1. The standard InChI is InChI=1S/C26H29N3O5S/c1-14-7-15(2)24(16(3)8-14)28-23(31)13-35-26-19(12-27)18(11-22(30)29-26)17-9-20(32-4)25(34-6)21(10-17)33-5/h7-10,18H,11,13H2,1-6H3,(H,28,31)(H,29,30)/t18-/m1/s1. The maximum absolute atomic E-state index is 12.7. The van der Waals surface area contributed by atoms with Crippen molar-refractivity contribution in [2.45, 2.75) is 33.1 Å². The van der Waals surface area contributed by atoms with Crippen molar-refractivity contribution in [3.63, 3.8) is 0 Å². The molecule has 2 aromatic carbocycles. The average Bonchev–Trinajstić information content (AvgIpc) is 2.83. The summed E-state index contributed by atoms with van der Waals surface area (Å²) in [6.07, 6.45) is 0.0829. The minimum atomic E-state index is -0.519. The van der Waals surface area contributed by atoms with Gasteiger partial charge in [0.05, 0.1) is 43.8 Å². The van der Waals surface area contributed by atoms with E-state index in [-0.39, 0.29) is 24.0 Å². The van der Waals surface area contributed by atoms with Gasteiger partial charge in [-0.3, -0.25) is 9.59 Å². The van der Waals surface area contributed by atoms with Crippen LogP contribution in [-0.4, -0.2) is 38.9 Å². The van der Waals surface area contributed by atoms with E-state index in [1.165, 1.54) is 21.3 Å². The lowest BCUT2D eigenvalue weighted by Gasteiger charge is -2.26. The number of hydrogen-bond donors (Lipinski definition) is 2. The summed E-state index contributed by atoms with van der Waals surface area (Å²) in [5.74, 6) is 0.347. The number of amides is 2. The van der Waals surface area contributed by atoms with Crippen molar-refractivity contribution < 1.29 is 23.8 Å². The number of nitrogens with one attached hydrogen (secondary N) is 2. The fourth-order valence-corrected chi connectivity index (χ4v) is 5.09. The van der Waals surface area contributed by atoms with Gasteiger partial charge in [0.25, 0.3) is 0 Å². The Balaban J connectivity index is 1.87. The highest BCUT2D eigenvalue weighted by molar-refractivity contribution is 8.03. The minimum absolute atomic E-state index is 0.0372. The molecule has 184 valence electrons. The molecule has 1 atom stereocenters. The molecule has 0 unspecified atom stereocenters. The molecule has 2 amide bonds. The molecule has 1 aliphatic heterocycles. The number of carbonyl (C=O) groups excluding carboxylic acids is 2. The molecule has 0 aromatic heterocycles. The third-order valence-corrected chi connectivity index (χ3v) is 6.75. The number of rotatable bonds is 8. The zero-order valence-corrected chi connectivity index (χ0v) is 21.5. The van der Waals surface area contributed by atoms with Gasteiger partial charge in [-0.25, -0.2) is 0 Å². The summed E-state index contributed by atoms with van der Waals surface area (Å²) in [6, 6.07) is 9.71. The Bertz CT molecular complexity index is 1180. The number of nitriles is 1. The third kappa shape index (κ3) is 5.72. The summed E-state index contributed by atoms with van der Waals surface area (Å²) in [6.45, 7) is 5.90. The lowest BCUT2D eigenvalue weighted by Crippen LogP contribution is -2.31. The van der Waals surface area contributed by atoms with Gasteiger partial charge in [0.2, 0.25) is 17.6 Å². The van der Waals surface area contributed by atoms with Gasteiger partial charge in [0.1, 0.15) is 0 Å². The van der Waals surface area contributed by atoms with Crippen LogP contribution in [0.5, 0.6) is 17.2 Å². The molecule has 35 heavy (non-hydrogen) atoms. The van der Waals surface area contributed by atoms with Gasteiger partial charge in [-0.05, 0) is 49.6 Å². The molecule has 0 saturated carbocycles. The molecular weight excluding hydrogens is 466 g/mol. The van der Waals surface area contributed by atoms with Gasteiger partial charge in [0.15, 0.2) is 11.5 Å². The molecule has 1 heterocycles. The number of nitrogens with zero attached hydrogens (tertiary/aromatic N) is 1. The van der Waals surface area contributed by atoms with Gasteiger partial charge in [-0.1, -0.05) is 29.5 Å². The maximum Gasteiger partial charge on any atom is 0.234 e. The fourth-order valence-electron chi connectivity index (χ4n) is 4.21. The van der Waals surface area contributed by atoms with Crippen LogP contribution in [0.2, 0.25) is 0 Å². The first-order valence-electron chi connectivity index (χ1n) is 11.0. The normalized spacial score (nSPS) is 15.2. The lowest BCUT2D eigenvalue weighted by molar-refractivity contribution is -0.121. The number of benzene rings is 2. The second-order valence-corrected chi connectivity index (χ2v) is 9.21. The zero-order valence-electron chi connectivity index (χ0n) is 20.7. The van der Waals surface area contributed by atoms with E-state index < -0.39 is 5.92 Å². The summed E-state index contributed by atoms with van der Waals surface area (Å²) in [4.78, 5) is 25.3. The summed E-state index contributed by atoms with van der Waals surface area (Å²) in [7, 11) is 4.52. The summed E-state index contributed by atoms with van der Waals surface area (Å²) < 4.78 is 16.2. The summed E-state index contributed by atoms with van der Waals surface area (Å²) in [5.41, 5.74) is 4.91. The van der Waals surface area contributed by atoms with E-state index in [4.69, 9.17) is 14.2 Å². The second kappa shape index (κ2) is 11.2. The maximum atomic E-state index is 12.7. The zero-order chi connectivity index (χ0) is 25.7. The topological polar surface area (TPSA) is 110 Å². The number of hydrogen-bond acceptors (Lipinski definition) is 7. The molecule has 3 rings (SSSR count). The van der Waals surface area contributed by atoms with Crippen LogP contribution in [-0.2, 0) is 9.59 Å². The molecule has 8 nitrogen and oxygen atoms in total. The van der Waals surface area contributed by atoms with Gasteiger partial charge >= 0.3 is 0 Å². The van der Waals surface area contributed by atoms with Crippen LogP contribution in [0.3, 0.4) is 0 Å². The van der Waals surface area contributed by atoms with E-state index in [1.54, 1.807) is 12.1 Å². The molecule has 0 spiro atoms. The van der Waals surface area contributed by atoms with Crippen molar-refractivity contribution in [2.24, 2.45) is 0 Å². The van der Waals surface area contributed by atoms with E-state index in [0.29, 0.717) is 33.4 Å². The van der Waals surface area contributed by atoms with Gasteiger partial charge in [-0.15, -0.1) is 0 Å². The highest BCUT2D eigenvalue weighted by Crippen LogP contribution is 2.44. The monoisotopic (exact) mass is 495 g/mol.